The lowest BCUT2D eigenvalue weighted by Crippen LogP contribution is -2.43. The van der Waals surface area contributed by atoms with E-state index in [4.69, 9.17) is 11.6 Å². The third kappa shape index (κ3) is 3.28. The van der Waals surface area contributed by atoms with Crippen LogP contribution in [0.5, 0.6) is 0 Å². The Morgan fingerprint density at radius 1 is 1.37 bits per heavy atom. The molecule has 4 heteroatoms. The molecule has 2 atom stereocenters. The molecule has 0 spiro atoms. The summed E-state index contributed by atoms with van der Waals surface area (Å²) in [4.78, 5) is 6.71. The van der Waals surface area contributed by atoms with Gasteiger partial charge in [-0.1, -0.05) is 17.7 Å². The second-order valence-corrected chi connectivity index (χ2v) is 6.15. The number of nitrogens with one attached hydrogen (secondary N) is 1. The SMILES string of the molecule is Clc1ncccc1CN1CCCC(C2CCCN2)C1. The summed E-state index contributed by atoms with van der Waals surface area (Å²) in [6, 6.07) is 4.81. The van der Waals surface area contributed by atoms with Gasteiger partial charge < -0.3 is 5.32 Å². The van der Waals surface area contributed by atoms with E-state index in [1.807, 2.05) is 6.07 Å². The maximum absolute atomic E-state index is 6.16. The van der Waals surface area contributed by atoms with Gasteiger partial charge in [-0.2, -0.15) is 0 Å². The Morgan fingerprint density at radius 3 is 3.11 bits per heavy atom. The van der Waals surface area contributed by atoms with Gasteiger partial charge in [-0.25, -0.2) is 4.98 Å². The Morgan fingerprint density at radius 2 is 2.32 bits per heavy atom. The normalized spacial score (nSPS) is 28.7. The number of piperidine rings is 1. The van der Waals surface area contributed by atoms with E-state index in [0.717, 1.165) is 24.1 Å². The quantitative estimate of drug-likeness (QED) is 0.863. The maximum atomic E-state index is 6.16. The zero-order chi connectivity index (χ0) is 13.1. The predicted molar refractivity (Wildman–Crippen MR) is 78.3 cm³/mol. The van der Waals surface area contributed by atoms with Crippen molar-refractivity contribution in [3.63, 3.8) is 0 Å². The molecule has 0 aliphatic carbocycles. The highest BCUT2D eigenvalue weighted by atomic mass is 35.5. The first-order valence-corrected chi connectivity index (χ1v) is 7.76. The number of likely N-dealkylation sites (tertiary alicyclic amines) is 1. The van der Waals surface area contributed by atoms with Gasteiger partial charge in [0.25, 0.3) is 0 Å². The van der Waals surface area contributed by atoms with Crippen molar-refractivity contribution in [1.82, 2.24) is 15.2 Å². The van der Waals surface area contributed by atoms with Gasteiger partial charge in [0.1, 0.15) is 5.15 Å². The second kappa shape index (κ2) is 6.21. The lowest BCUT2D eigenvalue weighted by Gasteiger charge is -2.35. The summed E-state index contributed by atoms with van der Waals surface area (Å²) in [7, 11) is 0. The molecule has 3 rings (SSSR count). The molecule has 2 aliphatic heterocycles. The van der Waals surface area contributed by atoms with Gasteiger partial charge in [0.05, 0.1) is 0 Å². The molecular weight excluding hydrogens is 258 g/mol. The predicted octanol–water partition coefficient (Wildman–Crippen LogP) is 2.70. The lowest BCUT2D eigenvalue weighted by molar-refractivity contribution is 0.145. The molecule has 0 bridgehead atoms. The highest BCUT2D eigenvalue weighted by molar-refractivity contribution is 6.30. The average Bonchev–Trinajstić information content (AvgIpc) is 2.96. The van der Waals surface area contributed by atoms with Crippen LogP contribution in [0, 0.1) is 5.92 Å². The number of nitrogens with zero attached hydrogens (tertiary/aromatic N) is 2. The van der Waals surface area contributed by atoms with Crippen molar-refractivity contribution < 1.29 is 0 Å². The Labute approximate surface area is 120 Å². The number of hydrogen-bond donors (Lipinski definition) is 1. The minimum atomic E-state index is 0.656. The molecule has 2 unspecified atom stereocenters. The van der Waals surface area contributed by atoms with E-state index in [2.05, 4.69) is 21.3 Å². The van der Waals surface area contributed by atoms with Gasteiger partial charge in [0.15, 0.2) is 0 Å². The van der Waals surface area contributed by atoms with E-state index in [1.165, 1.54) is 45.3 Å². The summed E-state index contributed by atoms with van der Waals surface area (Å²) in [6.07, 6.45) is 7.13. The Bertz CT molecular complexity index is 418. The van der Waals surface area contributed by atoms with E-state index in [1.54, 1.807) is 6.20 Å². The number of hydrogen-bond acceptors (Lipinski definition) is 3. The average molecular weight is 280 g/mol. The Kier molecular flexibility index (Phi) is 4.36. The Hall–Kier alpha value is -0.640. The molecule has 1 N–H and O–H groups in total. The molecule has 2 fully saturated rings. The van der Waals surface area contributed by atoms with Crippen LogP contribution in [-0.2, 0) is 6.54 Å². The molecule has 104 valence electrons. The molecule has 2 saturated heterocycles. The molecule has 1 aromatic rings. The fourth-order valence-electron chi connectivity index (χ4n) is 3.46. The molecule has 0 amide bonds. The van der Waals surface area contributed by atoms with Crippen LogP contribution >= 0.6 is 11.6 Å². The van der Waals surface area contributed by atoms with Crippen molar-refractivity contribution in [3.05, 3.63) is 29.0 Å². The van der Waals surface area contributed by atoms with E-state index in [9.17, 15) is 0 Å². The second-order valence-electron chi connectivity index (χ2n) is 5.79. The third-order valence-corrected chi connectivity index (χ3v) is 4.78. The van der Waals surface area contributed by atoms with E-state index in [0.29, 0.717) is 5.15 Å². The topological polar surface area (TPSA) is 28.2 Å². The first kappa shape index (κ1) is 13.3. The fraction of sp³-hybridized carbons (Fsp3) is 0.667. The van der Waals surface area contributed by atoms with Gasteiger partial charge in [-0.05, 0) is 50.8 Å². The molecule has 0 aromatic carbocycles. The van der Waals surface area contributed by atoms with Gasteiger partial charge in [-0.15, -0.1) is 0 Å². The van der Waals surface area contributed by atoms with E-state index < -0.39 is 0 Å². The third-order valence-electron chi connectivity index (χ3n) is 4.44. The number of aromatic nitrogens is 1. The highest BCUT2D eigenvalue weighted by Gasteiger charge is 2.29. The van der Waals surface area contributed by atoms with Crippen molar-refractivity contribution in [3.8, 4) is 0 Å². The molecule has 3 heterocycles. The molecule has 3 nitrogen and oxygen atoms in total. The van der Waals surface area contributed by atoms with Crippen LogP contribution in [0.4, 0.5) is 0 Å². The van der Waals surface area contributed by atoms with E-state index >= 15 is 0 Å². The van der Waals surface area contributed by atoms with E-state index in [-0.39, 0.29) is 0 Å². The molecule has 2 aliphatic rings. The zero-order valence-corrected chi connectivity index (χ0v) is 12.1. The number of halogens is 1. The van der Waals surface area contributed by atoms with Gasteiger partial charge in [-0.3, -0.25) is 4.90 Å². The summed E-state index contributed by atoms with van der Waals surface area (Å²) in [5.74, 6) is 0.812. The lowest BCUT2D eigenvalue weighted by atomic mass is 9.89. The first-order chi connectivity index (χ1) is 9.33. The minimum Gasteiger partial charge on any atom is -0.314 e. The first-order valence-electron chi connectivity index (χ1n) is 7.38. The summed E-state index contributed by atoms with van der Waals surface area (Å²) in [6.45, 7) is 4.53. The molecular formula is C15H22ClN3. The Balaban J connectivity index is 1.60. The molecule has 0 saturated carbocycles. The molecule has 0 radical (unpaired) electrons. The van der Waals surface area contributed by atoms with Crippen molar-refractivity contribution in [2.24, 2.45) is 5.92 Å². The van der Waals surface area contributed by atoms with Gasteiger partial charge in [0, 0.05) is 30.9 Å². The monoisotopic (exact) mass is 279 g/mol. The van der Waals surface area contributed by atoms with Crippen LogP contribution in [0.2, 0.25) is 5.15 Å². The minimum absolute atomic E-state index is 0.656. The van der Waals surface area contributed by atoms with Crippen molar-refractivity contribution in [2.45, 2.75) is 38.3 Å². The summed E-state index contributed by atoms with van der Waals surface area (Å²) in [5.41, 5.74) is 1.16. The molecule has 19 heavy (non-hydrogen) atoms. The van der Waals surface area contributed by atoms with Crippen molar-refractivity contribution in [2.75, 3.05) is 19.6 Å². The zero-order valence-electron chi connectivity index (χ0n) is 11.3. The summed E-state index contributed by atoms with van der Waals surface area (Å²) in [5, 5.41) is 4.31. The number of rotatable bonds is 3. The summed E-state index contributed by atoms with van der Waals surface area (Å²) >= 11 is 6.16. The van der Waals surface area contributed by atoms with Crippen LogP contribution in [0.3, 0.4) is 0 Å². The fourth-order valence-corrected chi connectivity index (χ4v) is 3.63. The highest BCUT2D eigenvalue weighted by Crippen LogP contribution is 2.26. The smallest absolute Gasteiger partial charge is 0.133 e. The van der Waals surface area contributed by atoms with Crippen molar-refractivity contribution >= 4 is 11.6 Å². The maximum Gasteiger partial charge on any atom is 0.133 e. The van der Waals surface area contributed by atoms with Gasteiger partial charge in [0.2, 0.25) is 0 Å². The van der Waals surface area contributed by atoms with Crippen LogP contribution in [0.15, 0.2) is 18.3 Å². The van der Waals surface area contributed by atoms with Crippen LogP contribution in [0.1, 0.15) is 31.2 Å². The largest absolute Gasteiger partial charge is 0.314 e. The van der Waals surface area contributed by atoms with Crippen LogP contribution in [-0.4, -0.2) is 35.6 Å². The van der Waals surface area contributed by atoms with Crippen molar-refractivity contribution in [1.29, 1.82) is 0 Å². The number of pyridine rings is 1. The standard InChI is InChI=1S/C15H22ClN3/c16-15-13(4-1-8-18-15)11-19-9-3-5-12(10-19)14-6-2-7-17-14/h1,4,8,12,14,17H,2-3,5-7,9-11H2. The van der Waals surface area contributed by atoms with Crippen LogP contribution < -0.4 is 5.32 Å². The van der Waals surface area contributed by atoms with Gasteiger partial charge >= 0.3 is 0 Å². The molecule has 1 aromatic heterocycles. The van der Waals surface area contributed by atoms with Crippen LogP contribution in [0.25, 0.3) is 0 Å². The summed E-state index contributed by atoms with van der Waals surface area (Å²) < 4.78 is 0.